The lowest BCUT2D eigenvalue weighted by Gasteiger charge is -2.25. The molecule has 1 fully saturated rings. The second kappa shape index (κ2) is 7.69. The molecule has 1 saturated heterocycles. The Hall–Kier alpha value is -2.35. The summed E-state index contributed by atoms with van der Waals surface area (Å²) in [6.07, 6.45) is 2.00. The number of carbonyl (C=O) groups is 2. The zero-order chi connectivity index (χ0) is 18.6. The van der Waals surface area contributed by atoms with Gasteiger partial charge in [0.25, 0.3) is 5.56 Å². The van der Waals surface area contributed by atoms with E-state index in [-0.39, 0.29) is 17.3 Å². The molecule has 0 radical (unpaired) electrons. The summed E-state index contributed by atoms with van der Waals surface area (Å²) < 4.78 is 16.7. The van der Waals surface area contributed by atoms with Crippen LogP contribution in [0.3, 0.4) is 0 Å². The largest absolute Gasteiger partial charge is 0.465 e. The van der Waals surface area contributed by atoms with Crippen molar-refractivity contribution in [2.45, 2.75) is 45.3 Å². The number of hydrogen-bond donors (Lipinski definition) is 1. The molecule has 1 aliphatic heterocycles. The molecule has 1 amide bonds. The summed E-state index contributed by atoms with van der Waals surface area (Å²) in [5.41, 5.74) is -0.947. The number of ether oxygens (including phenoxy) is 3. The molecule has 1 aromatic rings. The maximum Gasteiger partial charge on any atom is 0.412 e. The van der Waals surface area contributed by atoms with E-state index in [1.807, 2.05) is 0 Å². The summed E-state index contributed by atoms with van der Waals surface area (Å²) in [5, 5.41) is 2.43. The molecule has 0 unspecified atom stereocenters. The van der Waals surface area contributed by atoms with Crippen LogP contribution < -0.4 is 10.9 Å². The van der Waals surface area contributed by atoms with Crippen LogP contribution in [0.2, 0.25) is 0 Å². The van der Waals surface area contributed by atoms with E-state index < -0.39 is 23.2 Å². The molecule has 0 aliphatic carbocycles. The minimum absolute atomic E-state index is 0.0244. The van der Waals surface area contributed by atoms with Crippen LogP contribution in [0.15, 0.2) is 17.1 Å². The Bertz CT molecular complexity index is 698. The summed E-state index contributed by atoms with van der Waals surface area (Å²) in [7, 11) is 1.26. The SMILES string of the molecule is COC(=O)c1cc(NC(=O)OC(C)(C)C)c(=O)n(C2CCOCC2)c1. The average molecular weight is 352 g/mol. The van der Waals surface area contributed by atoms with Gasteiger partial charge >= 0.3 is 12.1 Å². The summed E-state index contributed by atoms with van der Waals surface area (Å²) in [6, 6.07) is 1.19. The number of pyridine rings is 1. The van der Waals surface area contributed by atoms with Crippen molar-refractivity contribution >= 4 is 17.7 Å². The van der Waals surface area contributed by atoms with Crippen LogP contribution in [0.25, 0.3) is 0 Å². The molecule has 2 heterocycles. The van der Waals surface area contributed by atoms with Crippen molar-refractivity contribution in [3.05, 3.63) is 28.2 Å². The fraction of sp³-hybridized carbons (Fsp3) is 0.588. The molecule has 0 aromatic carbocycles. The Morgan fingerprint density at radius 1 is 1.28 bits per heavy atom. The first kappa shape index (κ1) is 19.0. The molecule has 0 bridgehead atoms. The third-order valence-electron chi connectivity index (χ3n) is 3.68. The van der Waals surface area contributed by atoms with Crippen LogP contribution in [0.4, 0.5) is 10.5 Å². The van der Waals surface area contributed by atoms with Crippen LogP contribution in [0.5, 0.6) is 0 Å². The molecule has 1 aromatic heterocycles. The average Bonchev–Trinajstić information content (AvgIpc) is 2.55. The van der Waals surface area contributed by atoms with Crippen molar-refractivity contribution in [1.29, 1.82) is 0 Å². The molecule has 0 spiro atoms. The quantitative estimate of drug-likeness (QED) is 0.839. The van der Waals surface area contributed by atoms with Gasteiger partial charge in [0.1, 0.15) is 11.3 Å². The lowest BCUT2D eigenvalue weighted by molar-refractivity contribution is 0.0589. The van der Waals surface area contributed by atoms with Gasteiger partial charge in [-0.15, -0.1) is 0 Å². The Balaban J connectivity index is 2.38. The van der Waals surface area contributed by atoms with E-state index in [0.29, 0.717) is 26.1 Å². The van der Waals surface area contributed by atoms with Gasteiger partial charge in [0.05, 0.1) is 12.7 Å². The lowest BCUT2D eigenvalue weighted by atomic mass is 10.1. The normalized spacial score (nSPS) is 15.5. The number of hydrogen-bond acceptors (Lipinski definition) is 6. The van der Waals surface area contributed by atoms with Gasteiger partial charge in [0, 0.05) is 25.5 Å². The third-order valence-corrected chi connectivity index (χ3v) is 3.68. The highest BCUT2D eigenvalue weighted by Crippen LogP contribution is 2.21. The highest BCUT2D eigenvalue weighted by Gasteiger charge is 2.23. The zero-order valence-corrected chi connectivity index (χ0v) is 15.0. The van der Waals surface area contributed by atoms with Gasteiger partial charge in [0.2, 0.25) is 0 Å². The molecule has 8 heteroatoms. The van der Waals surface area contributed by atoms with Crippen LogP contribution >= 0.6 is 0 Å². The van der Waals surface area contributed by atoms with E-state index >= 15 is 0 Å². The van der Waals surface area contributed by atoms with E-state index in [1.165, 1.54) is 23.9 Å². The van der Waals surface area contributed by atoms with Gasteiger partial charge in [-0.25, -0.2) is 9.59 Å². The van der Waals surface area contributed by atoms with Crippen molar-refractivity contribution < 1.29 is 23.8 Å². The van der Waals surface area contributed by atoms with E-state index in [1.54, 1.807) is 20.8 Å². The summed E-state index contributed by atoms with van der Waals surface area (Å²) in [5.74, 6) is -0.590. The summed E-state index contributed by atoms with van der Waals surface area (Å²) in [6.45, 7) is 6.23. The molecule has 0 atom stereocenters. The number of nitrogens with one attached hydrogen (secondary N) is 1. The maximum absolute atomic E-state index is 12.7. The fourth-order valence-electron chi connectivity index (χ4n) is 2.57. The molecule has 2 rings (SSSR count). The van der Waals surface area contributed by atoms with Gasteiger partial charge in [-0.05, 0) is 39.7 Å². The van der Waals surface area contributed by atoms with Crippen molar-refractivity contribution in [3.63, 3.8) is 0 Å². The highest BCUT2D eigenvalue weighted by atomic mass is 16.6. The maximum atomic E-state index is 12.7. The van der Waals surface area contributed by atoms with Gasteiger partial charge in [-0.3, -0.25) is 10.1 Å². The topological polar surface area (TPSA) is 95.9 Å². The number of methoxy groups -OCH3 is 1. The number of nitrogens with zero attached hydrogens (tertiary/aromatic N) is 1. The first-order valence-electron chi connectivity index (χ1n) is 8.13. The fourth-order valence-corrected chi connectivity index (χ4v) is 2.57. The minimum atomic E-state index is -0.759. The molecule has 0 saturated carbocycles. The zero-order valence-electron chi connectivity index (χ0n) is 15.0. The highest BCUT2D eigenvalue weighted by molar-refractivity contribution is 5.92. The van der Waals surface area contributed by atoms with E-state index in [4.69, 9.17) is 14.2 Å². The Morgan fingerprint density at radius 3 is 2.48 bits per heavy atom. The van der Waals surface area contributed by atoms with Gasteiger partial charge in [-0.2, -0.15) is 0 Å². The Morgan fingerprint density at radius 2 is 1.92 bits per heavy atom. The Kier molecular flexibility index (Phi) is 5.84. The number of carbonyl (C=O) groups excluding carboxylic acids is 2. The van der Waals surface area contributed by atoms with Crippen molar-refractivity contribution in [1.82, 2.24) is 4.57 Å². The number of anilines is 1. The van der Waals surface area contributed by atoms with E-state index in [2.05, 4.69) is 5.32 Å². The minimum Gasteiger partial charge on any atom is -0.465 e. The first-order valence-corrected chi connectivity index (χ1v) is 8.13. The molecule has 138 valence electrons. The standard InChI is InChI=1S/C17H24N2O6/c1-17(2,3)25-16(22)18-13-9-11(15(21)23-4)10-19(14(13)20)12-5-7-24-8-6-12/h9-10,12H,5-8H2,1-4H3,(H,18,22). The first-order chi connectivity index (χ1) is 11.7. The van der Waals surface area contributed by atoms with Crippen LogP contribution in [0.1, 0.15) is 50.0 Å². The predicted molar refractivity (Wildman–Crippen MR) is 91.0 cm³/mol. The van der Waals surface area contributed by atoms with Crippen LogP contribution in [-0.4, -0.2) is 42.6 Å². The van der Waals surface area contributed by atoms with Crippen molar-refractivity contribution in [2.75, 3.05) is 25.6 Å². The molecule has 1 aliphatic rings. The predicted octanol–water partition coefficient (Wildman–Crippen LogP) is 2.33. The second-order valence-electron chi connectivity index (χ2n) is 6.82. The van der Waals surface area contributed by atoms with Gasteiger partial charge in [0.15, 0.2) is 0 Å². The lowest BCUT2D eigenvalue weighted by Crippen LogP contribution is -2.34. The van der Waals surface area contributed by atoms with Crippen LogP contribution in [-0.2, 0) is 14.2 Å². The monoisotopic (exact) mass is 352 g/mol. The summed E-state index contributed by atoms with van der Waals surface area (Å²) in [4.78, 5) is 36.7. The number of esters is 1. The van der Waals surface area contributed by atoms with Crippen LogP contribution in [0, 0.1) is 0 Å². The summed E-state index contributed by atoms with van der Waals surface area (Å²) >= 11 is 0. The number of aromatic nitrogens is 1. The third kappa shape index (κ3) is 5.06. The van der Waals surface area contributed by atoms with Crippen molar-refractivity contribution in [3.8, 4) is 0 Å². The molecule has 1 N–H and O–H groups in total. The second-order valence-corrected chi connectivity index (χ2v) is 6.82. The van der Waals surface area contributed by atoms with E-state index in [9.17, 15) is 14.4 Å². The van der Waals surface area contributed by atoms with Gasteiger partial charge in [-0.1, -0.05) is 0 Å². The molecule has 25 heavy (non-hydrogen) atoms. The smallest absolute Gasteiger partial charge is 0.412 e. The Labute approximate surface area is 146 Å². The van der Waals surface area contributed by atoms with E-state index in [0.717, 1.165) is 0 Å². The van der Waals surface area contributed by atoms with Gasteiger partial charge < -0.3 is 18.8 Å². The molecule has 8 nitrogen and oxygen atoms in total. The number of amides is 1. The van der Waals surface area contributed by atoms with Crippen molar-refractivity contribution in [2.24, 2.45) is 0 Å². The molecular formula is C17H24N2O6. The number of rotatable bonds is 3. The molecular weight excluding hydrogens is 328 g/mol.